The van der Waals surface area contributed by atoms with Gasteiger partial charge in [0.15, 0.2) is 5.13 Å². The van der Waals surface area contributed by atoms with E-state index in [1.807, 2.05) is 49.4 Å². The van der Waals surface area contributed by atoms with E-state index in [1.165, 1.54) is 17.4 Å². The highest BCUT2D eigenvalue weighted by atomic mass is 32.1. The fourth-order valence-corrected chi connectivity index (χ4v) is 4.36. The molecule has 0 aliphatic heterocycles. The van der Waals surface area contributed by atoms with Crippen molar-refractivity contribution >= 4 is 49.2 Å². The summed E-state index contributed by atoms with van der Waals surface area (Å²) in [7, 11) is 0. The van der Waals surface area contributed by atoms with Gasteiger partial charge in [0.25, 0.3) is 5.91 Å². The molecule has 0 radical (unpaired) electrons. The topological polar surface area (TPSA) is 115 Å². The molecular weight excluding hydrogens is 452 g/mol. The van der Waals surface area contributed by atoms with Crippen LogP contribution in [0.5, 0.6) is 5.75 Å². The van der Waals surface area contributed by atoms with Crippen LogP contribution in [-0.4, -0.2) is 32.6 Å². The Hall–Kier alpha value is -4.31. The number of benzene rings is 2. The molecule has 34 heavy (non-hydrogen) atoms. The first-order chi connectivity index (χ1) is 16.6. The van der Waals surface area contributed by atoms with E-state index in [1.54, 1.807) is 19.3 Å². The standard InChI is InChI=1S/C24H20N6O3S/c1-3-32-19-6-4-5-18-21(19)34-24(28-18)29-20(31)10-12-26-23-17-13-16(22-27-14(2)33-30-22)8-7-15(17)9-11-25-23/h4-13H,3H2,1-2H3,(H,25,26)(H,28,29,31). The predicted molar refractivity (Wildman–Crippen MR) is 132 cm³/mol. The molecule has 2 N–H and O–H groups in total. The lowest BCUT2D eigenvalue weighted by molar-refractivity contribution is -0.111. The third-order valence-corrected chi connectivity index (χ3v) is 5.92. The fourth-order valence-electron chi connectivity index (χ4n) is 3.43. The quantitative estimate of drug-likeness (QED) is 0.312. The Kier molecular flexibility index (Phi) is 5.88. The maximum atomic E-state index is 12.4. The van der Waals surface area contributed by atoms with Crippen LogP contribution in [0.1, 0.15) is 12.8 Å². The molecule has 10 heteroatoms. The van der Waals surface area contributed by atoms with E-state index in [9.17, 15) is 4.79 Å². The van der Waals surface area contributed by atoms with Crippen LogP contribution < -0.4 is 15.4 Å². The van der Waals surface area contributed by atoms with Crippen LogP contribution >= 0.6 is 11.3 Å². The smallest absolute Gasteiger partial charge is 0.251 e. The number of nitrogens with zero attached hydrogens (tertiary/aromatic N) is 4. The van der Waals surface area contributed by atoms with Crippen LogP contribution in [0.2, 0.25) is 0 Å². The molecule has 2 aromatic carbocycles. The summed E-state index contributed by atoms with van der Waals surface area (Å²) >= 11 is 1.37. The molecule has 9 nitrogen and oxygen atoms in total. The van der Waals surface area contributed by atoms with Crippen molar-refractivity contribution in [2.45, 2.75) is 13.8 Å². The summed E-state index contributed by atoms with van der Waals surface area (Å²) in [5.74, 6) is 2.05. The lowest BCUT2D eigenvalue weighted by Crippen LogP contribution is -2.08. The van der Waals surface area contributed by atoms with Gasteiger partial charge in [-0.15, -0.1) is 0 Å². The zero-order valence-corrected chi connectivity index (χ0v) is 19.2. The van der Waals surface area contributed by atoms with E-state index in [0.717, 1.165) is 32.3 Å². The Labute approximate surface area is 198 Å². The number of ether oxygens (including phenoxy) is 1. The van der Waals surface area contributed by atoms with Crippen molar-refractivity contribution in [3.8, 4) is 17.1 Å². The van der Waals surface area contributed by atoms with Crippen LogP contribution in [-0.2, 0) is 4.79 Å². The number of rotatable bonds is 7. The van der Waals surface area contributed by atoms with E-state index in [4.69, 9.17) is 9.26 Å². The van der Waals surface area contributed by atoms with Gasteiger partial charge < -0.3 is 14.6 Å². The van der Waals surface area contributed by atoms with Gasteiger partial charge in [0.1, 0.15) is 11.6 Å². The van der Waals surface area contributed by atoms with Gasteiger partial charge in [-0.2, -0.15) is 4.98 Å². The third kappa shape index (κ3) is 4.44. The second kappa shape index (κ2) is 9.28. The number of fused-ring (bicyclic) bond motifs is 2. The first-order valence-corrected chi connectivity index (χ1v) is 11.4. The van der Waals surface area contributed by atoms with Crippen molar-refractivity contribution in [2.24, 2.45) is 0 Å². The van der Waals surface area contributed by atoms with Gasteiger partial charge in [-0.05, 0) is 36.6 Å². The Morgan fingerprint density at radius 2 is 2.12 bits per heavy atom. The molecule has 0 bridgehead atoms. The number of anilines is 2. The molecule has 0 atom stereocenters. The van der Waals surface area contributed by atoms with Crippen LogP contribution in [0.15, 0.2) is 65.5 Å². The fraction of sp³-hybridized carbons (Fsp3) is 0.125. The Bertz CT molecular complexity index is 1520. The summed E-state index contributed by atoms with van der Waals surface area (Å²) in [6.45, 7) is 4.23. The molecule has 3 heterocycles. The number of carbonyl (C=O) groups excluding carboxylic acids is 1. The number of pyridine rings is 1. The van der Waals surface area contributed by atoms with Gasteiger partial charge in [0.05, 0.1) is 16.8 Å². The SMILES string of the molecule is CCOc1cccc2nc(NC(=O)C=CNc3nccc4ccc(-c5noc(C)n5)cc34)sc12. The molecule has 1 amide bonds. The highest BCUT2D eigenvalue weighted by Gasteiger charge is 2.11. The highest BCUT2D eigenvalue weighted by Crippen LogP contribution is 2.33. The minimum absolute atomic E-state index is 0.312. The van der Waals surface area contributed by atoms with E-state index < -0.39 is 0 Å². The van der Waals surface area contributed by atoms with Crippen LogP contribution in [0.3, 0.4) is 0 Å². The number of aromatic nitrogens is 4. The van der Waals surface area contributed by atoms with Gasteiger partial charge >= 0.3 is 0 Å². The largest absolute Gasteiger partial charge is 0.492 e. The number of thiazole rings is 1. The van der Waals surface area contributed by atoms with E-state index in [0.29, 0.717) is 29.3 Å². The Morgan fingerprint density at radius 3 is 2.94 bits per heavy atom. The molecule has 0 aliphatic carbocycles. The zero-order chi connectivity index (χ0) is 23.5. The number of hydrogen-bond donors (Lipinski definition) is 2. The first-order valence-electron chi connectivity index (χ1n) is 10.6. The second-order valence-corrected chi connectivity index (χ2v) is 8.25. The van der Waals surface area contributed by atoms with Gasteiger partial charge in [0, 0.05) is 36.3 Å². The lowest BCUT2D eigenvalue weighted by atomic mass is 10.1. The zero-order valence-electron chi connectivity index (χ0n) is 18.4. The third-order valence-electron chi connectivity index (χ3n) is 4.92. The summed E-state index contributed by atoms with van der Waals surface area (Å²) in [6, 6.07) is 13.4. The molecule has 0 fully saturated rings. The van der Waals surface area contributed by atoms with Crippen molar-refractivity contribution in [1.82, 2.24) is 20.1 Å². The second-order valence-electron chi connectivity index (χ2n) is 7.26. The Morgan fingerprint density at radius 1 is 1.21 bits per heavy atom. The summed E-state index contributed by atoms with van der Waals surface area (Å²) in [4.78, 5) is 25.6. The van der Waals surface area contributed by atoms with Crippen LogP contribution in [0.25, 0.3) is 32.4 Å². The van der Waals surface area contributed by atoms with Gasteiger partial charge in [0.2, 0.25) is 11.7 Å². The van der Waals surface area contributed by atoms with Crippen molar-refractivity contribution < 1.29 is 14.1 Å². The molecule has 5 aromatic rings. The highest BCUT2D eigenvalue weighted by molar-refractivity contribution is 7.22. The predicted octanol–water partition coefficient (Wildman–Crippen LogP) is 5.17. The summed E-state index contributed by atoms with van der Waals surface area (Å²) in [5.41, 5.74) is 1.59. The normalized spacial score (nSPS) is 11.4. The summed E-state index contributed by atoms with van der Waals surface area (Å²) < 4.78 is 11.6. The van der Waals surface area contributed by atoms with Gasteiger partial charge in [-0.25, -0.2) is 9.97 Å². The molecule has 0 saturated heterocycles. The molecule has 5 rings (SSSR count). The average molecular weight is 473 g/mol. The van der Waals surface area contributed by atoms with Gasteiger partial charge in [-0.3, -0.25) is 10.1 Å². The van der Waals surface area contributed by atoms with Crippen molar-refractivity contribution in [3.05, 3.63) is 66.8 Å². The first kappa shape index (κ1) is 21.5. The number of aryl methyl sites for hydroxylation is 1. The molecule has 3 aromatic heterocycles. The van der Waals surface area contributed by atoms with Crippen molar-refractivity contribution in [1.29, 1.82) is 0 Å². The number of carbonyl (C=O) groups is 1. The molecule has 0 saturated carbocycles. The maximum Gasteiger partial charge on any atom is 0.251 e. The summed E-state index contributed by atoms with van der Waals surface area (Å²) in [5, 5.41) is 12.2. The monoisotopic (exact) mass is 472 g/mol. The number of hydrogen-bond acceptors (Lipinski definition) is 9. The minimum Gasteiger partial charge on any atom is -0.492 e. The molecular formula is C24H20N6O3S. The molecule has 0 unspecified atom stereocenters. The average Bonchev–Trinajstić information content (AvgIpc) is 3.45. The van der Waals surface area contributed by atoms with E-state index in [-0.39, 0.29) is 5.91 Å². The molecule has 170 valence electrons. The number of nitrogens with one attached hydrogen (secondary N) is 2. The van der Waals surface area contributed by atoms with Crippen LogP contribution in [0.4, 0.5) is 10.9 Å². The number of amides is 1. The Balaban J connectivity index is 1.31. The van der Waals surface area contributed by atoms with Crippen LogP contribution in [0, 0.1) is 6.92 Å². The minimum atomic E-state index is -0.312. The van der Waals surface area contributed by atoms with E-state index >= 15 is 0 Å². The van der Waals surface area contributed by atoms with E-state index in [2.05, 4.69) is 30.7 Å². The molecule has 0 spiro atoms. The van der Waals surface area contributed by atoms with Crippen molar-refractivity contribution in [3.63, 3.8) is 0 Å². The maximum absolute atomic E-state index is 12.4. The summed E-state index contributed by atoms with van der Waals surface area (Å²) in [6.07, 6.45) is 4.64. The van der Waals surface area contributed by atoms with Crippen molar-refractivity contribution in [2.75, 3.05) is 17.2 Å². The van der Waals surface area contributed by atoms with Gasteiger partial charge in [-0.1, -0.05) is 34.7 Å². The molecule has 0 aliphatic rings. The lowest BCUT2D eigenvalue weighted by Gasteiger charge is -2.06.